The summed E-state index contributed by atoms with van der Waals surface area (Å²) in [7, 11) is 0. The minimum absolute atomic E-state index is 1.01. The van der Waals surface area contributed by atoms with Crippen LogP contribution >= 0.6 is 11.8 Å². The molecule has 0 unspecified atom stereocenters. The summed E-state index contributed by atoms with van der Waals surface area (Å²) in [4.78, 5) is 10.00. The summed E-state index contributed by atoms with van der Waals surface area (Å²) in [6, 6.07) is 19.6. The number of benzene rings is 2. The molecule has 2 aliphatic heterocycles. The summed E-state index contributed by atoms with van der Waals surface area (Å²) in [6.45, 7) is 5.57. The molecule has 3 aromatic rings. The molecule has 3 nitrogen and oxygen atoms in total. The number of aromatic nitrogens is 1. The molecule has 1 saturated heterocycles. The van der Waals surface area contributed by atoms with Crippen molar-refractivity contribution in [3.8, 4) is 0 Å². The molecular formula is C23H25N3S. The molecule has 138 valence electrons. The SMILES string of the molecule is c1cc2c(c(N3CCSCC3)c1)CN(CCc1ccc3ccccc3n1)C2. The molecule has 2 aromatic carbocycles. The average Bonchev–Trinajstić information content (AvgIpc) is 3.16. The molecule has 0 spiro atoms. The van der Waals surface area contributed by atoms with Gasteiger partial charge in [0, 0.05) is 67.4 Å². The van der Waals surface area contributed by atoms with Crippen LogP contribution in [-0.4, -0.2) is 41.0 Å². The molecule has 0 radical (unpaired) electrons. The Morgan fingerprint density at radius 2 is 1.78 bits per heavy atom. The largest absolute Gasteiger partial charge is 0.370 e. The van der Waals surface area contributed by atoms with Crippen LogP contribution in [-0.2, 0) is 19.5 Å². The summed E-state index contributed by atoms with van der Waals surface area (Å²) < 4.78 is 0. The lowest BCUT2D eigenvalue weighted by molar-refractivity contribution is 0.287. The molecule has 0 N–H and O–H groups in total. The van der Waals surface area contributed by atoms with Crippen LogP contribution in [0.4, 0.5) is 5.69 Å². The van der Waals surface area contributed by atoms with Crippen LogP contribution < -0.4 is 4.90 Å². The van der Waals surface area contributed by atoms with E-state index in [0.29, 0.717) is 0 Å². The molecule has 0 amide bonds. The first kappa shape index (κ1) is 17.1. The van der Waals surface area contributed by atoms with Crippen molar-refractivity contribution in [2.45, 2.75) is 19.5 Å². The van der Waals surface area contributed by atoms with Crippen molar-refractivity contribution in [3.63, 3.8) is 0 Å². The third-order valence-corrected chi connectivity index (χ3v) is 6.66. The lowest BCUT2D eigenvalue weighted by Crippen LogP contribution is -2.33. The van der Waals surface area contributed by atoms with Gasteiger partial charge < -0.3 is 4.90 Å². The van der Waals surface area contributed by atoms with Gasteiger partial charge in [0.05, 0.1) is 5.52 Å². The summed E-state index contributed by atoms with van der Waals surface area (Å²) in [5, 5.41) is 1.22. The monoisotopic (exact) mass is 375 g/mol. The van der Waals surface area contributed by atoms with Gasteiger partial charge in [-0.05, 0) is 29.3 Å². The van der Waals surface area contributed by atoms with Crippen molar-refractivity contribution >= 4 is 28.4 Å². The highest BCUT2D eigenvalue weighted by Crippen LogP contribution is 2.33. The van der Waals surface area contributed by atoms with E-state index in [1.54, 1.807) is 5.56 Å². The Labute approximate surface area is 165 Å². The zero-order chi connectivity index (χ0) is 18.1. The molecule has 0 saturated carbocycles. The number of anilines is 1. The van der Waals surface area contributed by atoms with Crippen molar-refractivity contribution in [2.24, 2.45) is 0 Å². The van der Waals surface area contributed by atoms with E-state index in [9.17, 15) is 0 Å². The minimum Gasteiger partial charge on any atom is -0.370 e. The minimum atomic E-state index is 1.01. The van der Waals surface area contributed by atoms with Gasteiger partial charge in [-0.2, -0.15) is 11.8 Å². The quantitative estimate of drug-likeness (QED) is 0.675. The first-order valence-electron chi connectivity index (χ1n) is 9.87. The summed E-state index contributed by atoms with van der Waals surface area (Å²) in [5.74, 6) is 2.50. The van der Waals surface area contributed by atoms with E-state index >= 15 is 0 Å². The molecule has 5 rings (SSSR count). The molecule has 4 heteroatoms. The highest BCUT2D eigenvalue weighted by atomic mass is 32.2. The Bertz CT molecular complexity index is 949. The van der Waals surface area contributed by atoms with E-state index in [0.717, 1.165) is 31.6 Å². The first-order chi connectivity index (χ1) is 13.4. The van der Waals surface area contributed by atoms with Gasteiger partial charge in [0.2, 0.25) is 0 Å². The fourth-order valence-electron chi connectivity index (χ4n) is 4.25. The summed E-state index contributed by atoms with van der Waals surface area (Å²) >= 11 is 2.07. The number of para-hydroxylation sites is 1. The normalized spacial score (nSPS) is 17.4. The molecule has 0 atom stereocenters. The molecule has 0 aliphatic carbocycles. The number of nitrogens with zero attached hydrogens (tertiary/aromatic N) is 3. The molecule has 0 bridgehead atoms. The summed E-state index contributed by atoms with van der Waals surface area (Å²) in [6.07, 6.45) is 1.01. The van der Waals surface area contributed by atoms with Crippen LogP contribution in [0.2, 0.25) is 0 Å². The second-order valence-corrected chi connectivity index (χ2v) is 8.69. The fourth-order valence-corrected chi connectivity index (χ4v) is 5.15. The fraction of sp³-hybridized carbons (Fsp3) is 0.348. The van der Waals surface area contributed by atoms with Gasteiger partial charge in [-0.3, -0.25) is 9.88 Å². The van der Waals surface area contributed by atoms with Crippen molar-refractivity contribution in [2.75, 3.05) is 36.0 Å². The Hall–Kier alpha value is -2.04. The highest BCUT2D eigenvalue weighted by Gasteiger charge is 2.24. The number of hydrogen-bond donors (Lipinski definition) is 0. The Balaban J connectivity index is 1.28. The summed E-state index contributed by atoms with van der Waals surface area (Å²) in [5.41, 5.74) is 6.83. The van der Waals surface area contributed by atoms with Crippen LogP contribution in [0.3, 0.4) is 0 Å². The smallest absolute Gasteiger partial charge is 0.0705 e. The van der Waals surface area contributed by atoms with Crippen LogP contribution in [0.1, 0.15) is 16.8 Å². The Kier molecular flexibility index (Phi) is 4.76. The van der Waals surface area contributed by atoms with Crippen molar-refractivity contribution in [1.82, 2.24) is 9.88 Å². The Morgan fingerprint density at radius 1 is 0.889 bits per heavy atom. The van der Waals surface area contributed by atoms with Gasteiger partial charge in [-0.1, -0.05) is 36.4 Å². The maximum Gasteiger partial charge on any atom is 0.0705 e. The van der Waals surface area contributed by atoms with Gasteiger partial charge >= 0.3 is 0 Å². The highest BCUT2D eigenvalue weighted by molar-refractivity contribution is 7.99. The molecule has 2 aliphatic rings. The molecular weight excluding hydrogens is 350 g/mol. The van der Waals surface area contributed by atoms with Crippen LogP contribution in [0.5, 0.6) is 0 Å². The van der Waals surface area contributed by atoms with Gasteiger partial charge in [0.25, 0.3) is 0 Å². The van der Waals surface area contributed by atoms with Crippen LogP contribution in [0.25, 0.3) is 10.9 Å². The second-order valence-electron chi connectivity index (χ2n) is 7.47. The van der Waals surface area contributed by atoms with Crippen molar-refractivity contribution in [3.05, 3.63) is 71.4 Å². The number of thioether (sulfide) groups is 1. The predicted molar refractivity (Wildman–Crippen MR) is 116 cm³/mol. The van der Waals surface area contributed by atoms with E-state index in [4.69, 9.17) is 4.98 Å². The van der Waals surface area contributed by atoms with E-state index < -0.39 is 0 Å². The van der Waals surface area contributed by atoms with Crippen LogP contribution in [0, 0.1) is 0 Å². The van der Waals surface area contributed by atoms with Crippen LogP contribution in [0.15, 0.2) is 54.6 Å². The first-order valence-corrected chi connectivity index (χ1v) is 11.0. The van der Waals surface area contributed by atoms with E-state index in [1.807, 2.05) is 0 Å². The number of hydrogen-bond acceptors (Lipinski definition) is 4. The Morgan fingerprint density at radius 3 is 2.70 bits per heavy atom. The third-order valence-electron chi connectivity index (χ3n) is 5.72. The number of pyridine rings is 1. The molecule has 27 heavy (non-hydrogen) atoms. The predicted octanol–water partition coefficient (Wildman–Crippen LogP) is 4.35. The third kappa shape index (κ3) is 3.56. The maximum absolute atomic E-state index is 4.84. The van der Waals surface area contributed by atoms with Gasteiger partial charge in [-0.25, -0.2) is 0 Å². The number of rotatable bonds is 4. The molecule has 1 aromatic heterocycles. The van der Waals surface area contributed by atoms with Gasteiger partial charge in [-0.15, -0.1) is 0 Å². The molecule has 3 heterocycles. The topological polar surface area (TPSA) is 19.4 Å². The van der Waals surface area contributed by atoms with E-state index in [2.05, 4.69) is 76.2 Å². The standard InChI is InChI=1S/C23H25N3S/c1-2-6-22-18(4-1)8-9-20(24-22)10-11-25-16-19-5-3-7-23(21(19)17-25)26-12-14-27-15-13-26/h1-9H,10-17H2. The second kappa shape index (κ2) is 7.53. The average molecular weight is 376 g/mol. The number of fused-ring (bicyclic) bond motifs is 2. The van der Waals surface area contributed by atoms with E-state index in [1.165, 1.54) is 46.9 Å². The van der Waals surface area contributed by atoms with Crippen molar-refractivity contribution in [1.29, 1.82) is 0 Å². The zero-order valence-corrected chi connectivity index (χ0v) is 16.4. The van der Waals surface area contributed by atoms with E-state index in [-0.39, 0.29) is 0 Å². The molecule has 1 fully saturated rings. The zero-order valence-electron chi connectivity index (χ0n) is 15.6. The lowest BCUT2D eigenvalue weighted by Gasteiger charge is -2.30. The van der Waals surface area contributed by atoms with Gasteiger partial charge in [0.15, 0.2) is 0 Å². The maximum atomic E-state index is 4.84. The van der Waals surface area contributed by atoms with Gasteiger partial charge in [0.1, 0.15) is 0 Å². The van der Waals surface area contributed by atoms with Crippen molar-refractivity contribution < 1.29 is 0 Å². The lowest BCUT2D eigenvalue weighted by atomic mass is 10.1.